The van der Waals surface area contributed by atoms with Gasteiger partial charge in [-0.15, -0.1) is 0 Å². The van der Waals surface area contributed by atoms with Crippen LogP contribution in [0.5, 0.6) is 0 Å². The SMILES string of the molecule is CCN=C(NC1CCc2nc(C)nn2C1)NC1C2CCOC2C12CCCC2. The fourth-order valence-electron chi connectivity index (χ4n) is 6.09. The van der Waals surface area contributed by atoms with Gasteiger partial charge in [-0.3, -0.25) is 4.99 Å². The number of guanidine groups is 1. The zero-order chi connectivity index (χ0) is 18.4. The standard InChI is InChI=1S/C20H32N6O/c1-3-21-19(23-14-6-7-16-22-13(2)25-26(16)12-14)24-17-15-8-11-27-18(15)20(17)9-4-5-10-20/h14-15,17-18H,3-12H2,1-2H3,(H2,21,23,24). The molecule has 0 bridgehead atoms. The third-order valence-corrected chi connectivity index (χ3v) is 7.20. The molecule has 5 rings (SSSR count). The smallest absolute Gasteiger partial charge is 0.191 e. The summed E-state index contributed by atoms with van der Waals surface area (Å²) in [6.45, 7) is 6.67. The molecule has 7 heteroatoms. The maximum absolute atomic E-state index is 6.13. The molecule has 2 saturated carbocycles. The van der Waals surface area contributed by atoms with E-state index in [1.165, 1.54) is 32.1 Å². The highest BCUT2D eigenvalue weighted by Crippen LogP contribution is 2.60. The summed E-state index contributed by atoms with van der Waals surface area (Å²) in [6, 6.07) is 0.865. The maximum atomic E-state index is 6.13. The molecule has 3 fully saturated rings. The number of nitrogens with one attached hydrogen (secondary N) is 2. The first-order valence-electron chi connectivity index (χ1n) is 10.8. The molecule has 4 atom stereocenters. The molecule has 4 unspecified atom stereocenters. The predicted molar refractivity (Wildman–Crippen MR) is 104 cm³/mol. The highest BCUT2D eigenvalue weighted by Gasteiger charge is 2.65. The molecule has 0 radical (unpaired) electrons. The van der Waals surface area contributed by atoms with Crippen molar-refractivity contribution in [1.82, 2.24) is 25.4 Å². The zero-order valence-electron chi connectivity index (χ0n) is 16.6. The van der Waals surface area contributed by atoms with Crippen LogP contribution in [0.1, 0.15) is 57.1 Å². The minimum atomic E-state index is 0.347. The van der Waals surface area contributed by atoms with Crippen molar-refractivity contribution in [2.75, 3.05) is 13.2 Å². The first-order valence-corrected chi connectivity index (χ1v) is 10.8. The van der Waals surface area contributed by atoms with Gasteiger partial charge in [0, 0.05) is 43.0 Å². The largest absolute Gasteiger partial charge is 0.377 e. The second-order valence-corrected chi connectivity index (χ2v) is 8.77. The molecule has 0 aromatic carbocycles. The summed E-state index contributed by atoms with van der Waals surface area (Å²) in [5.74, 6) is 3.62. The first kappa shape index (κ1) is 17.5. The summed E-state index contributed by atoms with van der Waals surface area (Å²) in [4.78, 5) is 9.30. The summed E-state index contributed by atoms with van der Waals surface area (Å²) in [5.41, 5.74) is 0.347. The van der Waals surface area contributed by atoms with Crippen LogP contribution in [-0.2, 0) is 17.7 Å². The van der Waals surface area contributed by atoms with Crippen LogP contribution in [0.4, 0.5) is 0 Å². The van der Waals surface area contributed by atoms with Gasteiger partial charge in [0.05, 0.1) is 12.6 Å². The highest BCUT2D eigenvalue weighted by atomic mass is 16.5. The lowest BCUT2D eigenvalue weighted by molar-refractivity contribution is -0.125. The first-order chi connectivity index (χ1) is 13.2. The Morgan fingerprint density at radius 2 is 2.15 bits per heavy atom. The number of aromatic nitrogens is 3. The Morgan fingerprint density at radius 1 is 1.30 bits per heavy atom. The quantitative estimate of drug-likeness (QED) is 0.625. The number of aryl methyl sites for hydroxylation is 2. The van der Waals surface area contributed by atoms with Crippen LogP contribution in [0.15, 0.2) is 4.99 Å². The number of ether oxygens (including phenoxy) is 1. The van der Waals surface area contributed by atoms with E-state index in [-0.39, 0.29) is 0 Å². The minimum absolute atomic E-state index is 0.347. The van der Waals surface area contributed by atoms with Crippen molar-refractivity contribution in [3.8, 4) is 0 Å². The summed E-state index contributed by atoms with van der Waals surface area (Å²) >= 11 is 0. The monoisotopic (exact) mass is 372 g/mol. The summed E-state index contributed by atoms with van der Waals surface area (Å²) in [7, 11) is 0. The molecule has 7 nitrogen and oxygen atoms in total. The van der Waals surface area contributed by atoms with E-state index in [1.54, 1.807) is 0 Å². The Morgan fingerprint density at radius 3 is 2.96 bits per heavy atom. The van der Waals surface area contributed by atoms with Gasteiger partial charge in [0.2, 0.25) is 0 Å². The van der Waals surface area contributed by atoms with E-state index in [4.69, 9.17) is 9.73 Å². The van der Waals surface area contributed by atoms with Gasteiger partial charge in [0.1, 0.15) is 11.6 Å². The molecule has 1 aromatic rings. The van der Waals surface area contributed by atoms with Crippen molar-refractivity contribution in [2.24, 2.45) is 16.3 Å². The number of hydrogen-bond acceptors (Lipinski definition) is 4. The van der Waals surface area contributed by atoms with Crippen molar-refractivity contribution in [2.45, 2.75) is 83.5 Å². The van der Waals surface area contributed by atoms with E-state index in [0.717, 1.165) is 50.1 Å². The number of nitrogens with zero attached hydrogens (tertiary/aromatic N) is 4. The molecule has 1 aromatic heterocycles. The molecular formula is C20H32N6O. The van der Waals surface area contributed by atoms with Crippen LogP contribution in [0, 0.1) is 18.3 Å². The highest BCUT2D eigenvalue weighted by molar-refractivity contribution is 5.80. The van der Waals surface area contributed by atoms with Crippen LogP contribution in [0.3, 0.4) is 0 Å². The van der Waals surface area contributed by atoms with Gasteiger partial charge in [-0.2, -0.15) is 5.10 Å². The lowest BCUT2D eigenvalue weighted by Crippen LogP contribution is -2.69. The molecular weight excluding hydrogens is 340 g/mol. The number of hydrogen-bond donors (Lipinski definition) is 2. The lowest BCUT2D eigenvalue weighted by Gasteiger charge is -2.57. The van der Waals surface area contributed by atoms with Gasteiger partial charge < -0.3 is 15.4 Å². The van der Waals surface area contributed by atoms with Crippen LogP contribution >= 0.6 is 0 Å². The third-order valence-electron chi connectivity index (χ3n) is 7.20. The van der Waals surface area contributed by atoms with Crippen LogP contribution < -0.4 is 10.6 Å². The Kier molecular flexibility index (Phi) is 4.37. The number of fused-ring (bicyclic) bond motifs is 3. The van der Waals surface area contributed by atoms with E-state index in [0.29, 0.717) is 29.5 Å². The Hall–Kier alpha value is -1.63. The molecule has 4 aliphatic rings. The molecule has 3 heterocycles. The topological polar surface area (TPSA) is 76.4 Å². The molecule has 2 aliphatic heterocycles. The summed E-state index contributed by atoms with van der Waals surface area (Å²) in [5, 5.41) is 12.1. The van der Waals surface area contributed by atoms with Gasteiger partial charge >= 0.3 is 0 Å². The average Bonchev–Trinajstić information content (AvgIpc) is 3.37. The van der Waals surface area contributed by atoms with E-state index in [9.17, 15) is 0 Å². The second kappa shape index (κ2) is 6.76. The Balaban J connectivity index is 1.28. The summed E-state index contributed by atoms with van der Waals surface area (Å²) < 4.78 is 8.19. The molecule has 27 heavy (non-hydrogen) atoms. The van der Waals surface area contributed by atoms with Crippen LogP contribution in [0.2, 0.25) is 0 Å². The zero-order valence-corrected chi connectivity index (χ0v) is 16.6. The second-order valence-electron chi connectivity index (χ2n) is 8.77. The molecule has 1 spiro atoms. The van der Waals surface area contributed by atoms with Crippen LogP contribution in [0.25, 0.3) is 0 Å². The van der Waals surface area contributed by atoms with Crippen molar-refractivity contribution in [3.05, 3.63) is 11.6 Å². The predicted octanol–water partition coefficient (Wildman–Crippen LogP) is 1.80. The normalized spacial score (nSPS) is 34.2. The number of aliphatic imine (C=N–C) groups is 1. The number of rotatable bonds is 3. The molecule has 2 N–H and O–H groups in total. The van der Waals surface area contributed by atoms with E-state index in [1.807, 2.05) is 6.92 Å². The maximum Gasteiger partial charge on any atom is 0.191 e. The van der Waals surface area contributed by atoms with E-state index >= 15 is 0 Å². The van der Waals surface area contributed by atoms with Crippen LogP contribution in [-0.4, -0.2) is 52.1 Å². The fraction of sp³-hybridized carbons (Fsp3) is 0.850. The van der Waals surface area contributed by atoms with Gasteiger partial charge in [0.15, 0.2) is 5.96 Å². The van der Waals surface area contributed by atoms with Crippen molar-refractivity contribution in [1.29, 1.82) is 0 Å². The lowest BCUT2D eigenvalue weighted by atomic mass is 9.54. The van der Waals surface area contributed by atoms with Gasteiger partial charge in [-0.05, 0) is 39.5 Å². The van der Waals surface area contributed by atoms with Gasteiger partial charge in [0.25, 0.3) is 0 Å². The van der Waals surface area contributed by atoms with E-state index in [2.05, 4.69) is 32.3 Å². The average molecular weight is 373 g/mol. The molecule has 1 saturated heterocycles. The fourth-order valence-corrected chi connectivity index (χ4v) is 6.09. The third kappa shape index (κ3) is 2.85. The van der Waals surface area contributed by atoms with Crippen molar-refractivity contribution in [3.63, 3.8) is 0 Å². The van der Waals surface area contributed by atoms with Crippen molar-refractivity contribution >= 4 is 5.96 Å². The Bertz CT molecular complexity index is 722. The minimum Gasteiger partial charge on any atom is -0.377 e. The Labute approximate surface area is 161 Å². The van der Waals surface area contributed by atoms with Gasteiger partial charge in [-0.1, -0.05) is 12.8 Å². The molecule has 2 aliphatic carbocycles. The van der Waals surface area contributed by atoms with Gasteiger partial charge in [-0.25, -0.2) is 9.67 Å². The van der Waals surface area contributed by atoms with E-state index < -0.39 is 0 Å². The molecule has 148 valence electrons. The summed E-state index contributed by atoms with van der Waals surface area (Å²) in [6.07, 6.45) is 9.01. The molecule has 0 amide bonds. The van der Waals surface area contributed by atoms with Crippen molar-refractivity contribution < 1.29 is 4.74 Å².